The second-order valence-electron chi connectivity index (χ2n) is 5.05. The minimum absolute atomic E-state index is 0.159. The minimum Gasteiger partial charge on any atom is -0.379 e. The van der Waals surface area contributed by atoms with Crippen molar-refractivity contribution in [1.82, 2.24) is 5.48 Å². The Hall–Kier alpha value is -1.24. The van der Waals surface area contributed by atoms with Crippen molar-refractivity contribution in [1.29, 1.82) is 0 Å². The maximum Gasteiger partial charge on any atom is 0.455 e. The molecule has 0 saturated heterocycles. The molecule has 8 heteroatoms. The summed E-state index contributed by atoms with van der Waals surface area (Å²) in [5.74, 6) is -0.753. The van der Waals surface area contributed by atoms with Crippen LogP contribution in [0.1, 0.15) is 25.8 Å². The third-order valence-electron chi connectivity index (χ3n) is 2.52. The van der Waals surface area contributed by atoms with Crippen LogP contribution in [-0.2, 0) is 25.3 Å². The van der Waals surface area contributed by atoms with Gasteiger partial charge < -0.3 is 9.42 Å². The van der Waals surface area contributed by atoms with Gasteiger partial charge in [-0.25, -0.2) is 14.9 Å². The van der Waals surface area contributed by atoms with Crippen molar-refractivity contribution in [2.24, 2.45) is 11.4 Å². The third kappa shape index (κ3) is 7.94. The molecule has 0 spiro atoms. The smallest absolute Gasteiger partial charge is 0.379 e. The Morgan fingerprint density at radius 2 is 2.00 bits per heavy atom. The predicted molar refractivity (Wildman–Crippen MR) is 77.7 cm³/mol. The van der Waals surface area contributed by atoms with E-state index in [-0.39, 0.29) is 12.5 Å². The molecule has 7 nitrogen and oxygen atoms in total. The lowest BCUT2D eigenvalue weighted by Crippen LogP contribution is -2.39. The molecule has 4 N–H and O–H groups in total. The highest BCUT2D eigenvalue weighted by Crippen LogP contribution is 2.32. The van der Waals surface area contributed by atoms with Gasteiger partial charge in [0.15, 0.2) is 0 Å². The fraction of sp³-hybridized carbons (Fsp3) is 0.462. The Labute approximate surface area is 124 Å². The van der Waals surface area contributed by atoms with E-state index in [4.69, 9.17) is 15.2 Å². The number of hydrogen-bond donors (Lipinski definition) is 3. The highest BCUT2D eigenvalue weighted by atomic mass is 31.2. The van der Waals surface area contributed by atoms with E-state index in [2.05, 4.69) is 10.0 Å². The fourth-order valence-electron chi connectivity index (χ4n) is 1.66. The van der Waals surface area contributed by atoms with Crippen LogP contribution in [0.3, 0.4) is 0 Å². The summed E-state index contributed by atoms with van der Waals surface area (Å²) in [6.45, 7) is 4.06. The van der Waals surface area contributed by atoms with Gasteiger partial charge in [-0.3, -0.25) is 4.84 Å². The van der Waals surface area contributed by atoms with Gasteiger partial charge in [-0.15, -0.1) is 0 Å². The first-order valence-corrected chi connectivity index (χ1v) is 8.18. The number of carbonyl (C=O) groups is 1. The molecule has 0 aliphatic rings. The first-order chi connectivity index (χ1) is 9.78. The summed E-state index contributed by atoms with van der Waals surface area (Å²) in [5, 5.41) is 0. The first kappa shape index (κ1) is 17.8. The zero-order valence-electron chi connectivity index (χ0n) is 12.1. The van der Waals surface area contributed by atoms with E-state index < -0.39 is 19.8 Å². The lowest BCUT2D eigenvalue weighted by Gasteiger charge is -2.19. The summed E-state index contributed by atoms with van der Waals surface area (Å²) in [6, 6.07) is 8.51. The molecule has 0 aliphatic heterocycles. The molecule has 0 radical (unpaired) electrons. The molecule has 1 unspecified atom stereocenters. The molecular weight excluding hydrogens is 295 g/mol. The molecule has 1 aromatic rings. The number of hydroxylamine groups is 1. The quantitative estimate of drug-likeness (QED) is 0.494. The van der Waals surface area contributed by atoms with Crippen molar-refractivity contribution in [2.75, 3.05) is 0 Å². The van der Waals surface area contributed by atoms with Crippen molar-refractivity contribution in [3.05, 3.63) is 35.9 Å². The van der Waals surface area contributed by atoms with Crippen LogP contribution in [-0.4, -0.2) is 16.9 Å². The van der Waals surface area contributed by atoms with Crippen LogP contribution in [0.15, 0.2) is 30.3 Å². The average Bonchev–Trinajstić information content (AvgIpc) is 2.36. The van der Waals surface area contributed by atoms with Crippen molar-refractivity contribution in [3.8, 4) is 0 Å². The Balaban J connectivity index is 2.53. The van der Waals surface area contributed by atoms with Crippen LogP contribution < -0.4 is 11.0 Å². The third-order valence-corrected chi connectivity index (χ3v) is 2.96. The number of rotatable bonds is 8. The molecular formula is C13H21N2O5P. The second kappa shape index (κ2) is 8.26. The van der Waals surface area contributed by atoms with Gasteiger partial charge in [0, 0.05) is 0 Å². The van der Waals surface area contributed by atoms with Crippen molar-refractivity contribution in [2.45, 2.75) is 32.9 Å². The number of hydrogen-bond acceptors (Lipinski definition) is 5. The zero-order valence-corrected chi connectivity index (χ0v) is 13.0. The van der Waals surface area contributed by atoms with Crippen molar-refractivity contribution < 1.29 is 23.6 Å². The molecule has 0 amide bonds. The molecule has 1 aromatic carbocycles. The van der Waals surface area contributed by atoms with Crippen LogP contribution >= 0.6 is 7.75 Å². The highest BCUT2D eigenvalue weighted by Gasteiger charge is 2.27. The molecule has 1 rings (SSSR count). The van der Waals surface area contributed by atoms with Gasteiger partial charge in [0.25, 0.3) is 0 Å². The largest absolute Gasteiger partial charge is 0.455 e. The summed E-state index contributed by atoms with van der Waals surface area (Å²) in [5.41, 5.74) is 8.31. The van der Waals surface area contributed by atoms with Crippen LogP contribution in [0, 0.1) is 5.92 Å². The molecule has 118 valence electrons. The predicted octanol–water partition coefficient (Wildman–Crippen LogP) is 1.72. The first-order valence-electron chi connectivity index (χ1n) is 6.54. The molecule has 0 saturated carbocycles. The van der Waals surface area contributed by atoms with Crippen LogP contribution in [0.2, 0.25) is 0 Å². The van der Waals surface area contributed by atoms with E-state index in [0.29, 0.717) is 6.42 Å². The number of nitrogens with one attached hydrogen (secondary N) is 1. The van der Waals surface area contributed by atoms with E-state index in [1.807, 2.05) is 44.2 Å². The lowest BCUT2D eigenvalue weighted by molar-refractivity contribution is -0.143. The highest BCUT2D eigenvalue weighted by molar-refractivity contribution is 7.50. The normalized spacial score (nSPS) is 15.5. The Morgan fingerprint density at radius 1 is 1.38 bits per heavy atom. The number of nitrogens with two attached hydrogens (primary N) is 1. The summed E-state index contributed by atoms with van der Waals surface area (Å²) < 4.78 is 15.2. The standard InChI is InChI=1S/C13H21N2O5P/c1-10(2)8-12(13(16)20-21(14,17)18)15-19-9-11-6-4-3-5-7-11/h3-7,10,12,15H,8-9H2,1-2H3,(H3,14,17,18)/t12-/m0/s1. The maximum absolute atomic E-state index is 11.8. The summed E-state index contributed by atoms with van der Waals surface area (Å²) in [7, 11) is -4.35. The Morgan fingerprint density at radius 3 is 2.52 bits per heavy atom. The van der Waals surface area contributed by atoms with E-state index in [1.165, 1.54) is 0 Å². The molecule has 2 atom stereocenters. The van der Waals surface area contributed by atoms with Crippen molar-refractivity contribution in [3.63, 3.8) is 0 Å². The SMILES string of the molecule is CC(C)C[C@H](NOCc1ccccc1)C(=O)OP(N)(=O)O. The summed E-state index contributed by atoms with van der Waals surface area (Å²) >= 11 is 0. The van der Waals surface area contributed by atoms with Gasteiger partial charge in [-0.1, -0.05) is 44.2 Å². The molecule has 0 heterocycles. The second-order valence-corrected chi connectivity index (χ2v) is 6.36. The Kier molecular flexibility index (Phi) is 7.01. The molecule has 0 bridgehead atoms. The monoisotopic (exact) mass is 316 g/mol. The topological polar surface area (TPSA) is 111 Å². The Bertz CT molecular complexity index is 489. The van der Waals surface area contributed by atoms with Gasteiger partial charge in [-0.2, -0.15) is 5.48 Å². The van der Waals surface area contributed by atoms with E-state index in [9.17, 15) is 9.36 Å². The van der Waals surface area contributed by atoms with Gasteiger partial charge in [0.2, 0.25) is 0 Å². The molecule has 0 aliphatic carbocycles. The average molecular weight is 316 g/mol. The van der Waals surface area contributed by atoms with Gasteiger partial charge in [0.1, 0.15) is 6.04 Å². The van der Waals surface area contributed by atoms with Gasteiger partial charge in [0.05, 0.1) is 6.61 Å². The number of benzene rings is 1. The zero-order chi connectivity index (χ0) is 15.9. The van der Waals surface area contributed by atoms with E-state index in [0.717, 1.165) is 5.56 Å². The number of carbonyl (C=O) groups excluding carboxylic acids is 1. The van der Waals surface area contributed by atoms with Gasteiger partial charge >= 0.3 is 13.7 Å². The molecule has 0 fully saturated rings. The fourth-order valence-corrected chi connectivity index (χ4v) is 2.04. The molecule has 0 aromatic heterocycles. The summed E-state index contributed by atoms with van der Waals surface area (Å²) in [6.07, 6.45) is 0.383. The van der Waals surface area contributed by atoms with Gasteiger partial charge in [-0.05, 0) is 17.9 Å². The molecule has 21 heavy (non-hydrogen) atoms. The lowest BCUT2D eigenvalue weighted by atomic mass is 10.1. The van der Waals surface area contributed by atoms with Crippen LogP contribution in [0.5, 0.6) is 0 Å². The van der Waals surface area contributed by atoms with E-state index >= 15 is 0 Å². The van der Waals surface area contributed by atoms with Crippen molar-refractivity contribution >= 4 is 13.7 Å². The minimum atomic E-state index is -4.35. The van der Waals surface area contributed by atoms with Crippen LogP contribution in [0.4, 0.5) is 0 Å². The van der Waals surface area contributed by atoms with E-state index in [1.54, 1.807) is 0 Å². The summed E-state index contributed by atoms with van der Waals surface area (Å²) in [4.78, 5) is 25.9. The maximum atomic E-state index is 11.8. The van der Waals surface area contributed by atoms with Crippen LogP contribution in [0.25, 0.3) is 0 Å².